The lowest BCUT2D eigenvalue weighted by molar-refractivity contribution is -0.302. The molecule has 33 heavy (non-hydrogen) atoms. The van der Waals surface area contributed by atoms with Gasteiger partial charge in [-0.3, -0.25) is 4.79 Å². The lowest BCUT2D eigenvalue weighted by Gasteiger charge is -2.65. The summed E-state index contributed by atoms with van der Waals surface area (Å²) in [5.41, 5.74) is -1.98. The monoisotopic (exact) mass is 460 g/mol. The van der Waals surface area contributed by atoms with Gasteiger partial charge in [0.2, 0.25) is 0 Å². The Labute approximate surface area is 193 Å². The van der Waals surface area contributed by atoms with E-state index in [-0.39, 0.29) is 25.4 Å². The number of cyclic esters (lactones) is 2. The summed E-state index contributed by atoms with van der Waals surface area (Å²) in [6.07, 6.45) is -0.102. The minimum Gasteiger partial charge on any atom is -0.495 e. The zero-order valence-corrected chi connectivity index (χ0v) is 20.0. The third kappa shape index (κ3) is 2.59. The van der Waals surface area contributed by atoms with Crippen molar-refractivity contribution in [2.75, 3.05) is 7.11 Å². The average Bonchev–Trinajstić information content (AvgIpc) is 3.09. The van der Waals surface area contributed by atoms with E-state index in [1.807, 2.05) is 20.8 Å². The highest BCUT2D eigenvalue weighted by Gasteiger charge is 2.73. The Morgan fingerprint density at radius 3 is 2.45 bits per heavy atom. The van der Waals surface area contributed by atoms with Crippen molar-refractivity contribution < 1.29 is 38.7 Å². The molecular weight excluding hydrogens is 428 g/mol. The standard InChI is InChI=1S/C25H32O8/c1-12-14-11-31-21(28)18(14)20(30-6)13-9-15-23(4)8-7-17(27)32-22(2,3)25(23,29)16(26)10-24(15,5)33-19(12)13/h15-16,26,29H,7-11H2,1-6H3/t15-,16+,23-,24-,25-/m0/s1. The van der Waals surface area contributed by atoms with Crippen LogP contribution in [0.3, 0.4) is 0 Å². The molecule has 5 atom stereocenters. The highest BCUT2D eigenvalue weighted by molar-refractivity contribution is 5.98. The first-order chi connectivity index (χ1) is 15.3. The molecule has 8 heteroatoms. The van der Waals surface area contributed by atoms with Gasteiger partial charge in [-0.2, -0.15) is 0 Å². The Kier molecular flexibility index (Phi) is 4.51. The summed E-state index contributed by atoms with van der Waals surface area (Å²) in [5.74, 6) is -0.0253. The SMILES string of the molecule is COc1c2c(c(C)c3c1C(=O)OC3)O[C@@]1(C)C[C@@H](O)[C@]3(O)C(C)(C)OC(=O)CC[C@@]3(C)[C@@H]1C2. The fraction of sp³-hybridized carbons (Fsp3) is 0.680. The van der Waals surface area contributed by atoms with E-state index in [1.54, 1.807) is 13.8 Å². The maximum Gasteiger partial charge on any atom is 0.342 e. The van der Waals surface area contributed by atoms with E-state index in [4.69, 9.17) is 18.9 Å². The topological polar surface area (TPSA) is 112 Å². The highest BCUT2D eigenvalue weighted by atomic mass is 16.6. The molecule has 2 fully saturated rings. The molecule has 0 amide bonds. The number of aliphatic hydroxyl groups is 2. The van der Waals surface area contributed by atoms with Gasteiger partial charge in [0.15, 0.2) is 0 Å². The van der Waals surface area contributed by atoms with Gasteiger partial charge >= 0.3 is 11.9 Å². The predicted molar refractivity (Wildman–Crippen MR) is 116 cm³/mol. The van der Waals surface area contributed by atoms with Gasteiger partial charge in [-0.1, -0.05) is 6.92 Å². The van der Waals surface area contributed by atoms with E-state index in [1.165, 1.54) is 7.11 Å². The Hall–Kier alpha value is -2.32. The van der Waals surface area contributed by atoms with Crippen LogP contribution in [0.2, 0.25) is 0 Å². The van der Waals surface area contributed by atoms with Crippen molar-refractivity contribution in [2.45, 2.75) is 89.8 Å². The molecule has 1 aromatic rings. The second-order valence-electron chi connectivity index (χ2n) is 11.0. The van der Waals surface area contributed by atoms with Crippen LogP contribution in [-0.4, -0.2) is 52.2 Å². The highest BCUT2D eigenvalue weighted by Crippen LogP contribution is 2.64. The Morgan fingerprint density at radius 2 is 1.79 bits per heavy atom. The summed E-state index contributed by atoms with van der Waals surface area (Å²) >= 11 is 0. The Morgan fingerprint density at radius 1 is 1.09 bits per heavy atom. The quantitative estimate of drug-likeness (QED) is 0.615. The lowest BCUT2D eigenvalue weighted by atomic mass is 9.46. The van der Waals surface area contributed by atoms with Gasteiger partial charge in [0, 0.05) is 35.3 Å². The second kappa shape index (κ2) is 6.63. The molecule has 2 N–H and O–H groups in total. The zero-order valence-electron chi connectivity index (χ0n) is 20.0. The van der Waals surface area contributed by atoms with Crippen LogP contribution in [0.15, 0.2) is 0 Å². The lowest BCUT2D eigenvalue weighted by Crippen LogP contribution is -2.76. The molecular formula is C25H32O8. The molecule has 180 valence electrons. The van der Waals surface area contributed by atoms with E-state index in [9.17, 15) is 19.8 Å². The summed E-state index contributed by atoms with van der Waals surface area (Å²) < 4.78 is 23.3. The number of fused-ring (bicyclic) bond motifs is 5. The minimum absolute atomic E-state index is 0.126. The molecule has 0 spiro atoms. The van der Waals surface area contributed by atoms with Crippen molar-refractivity contribution in [1.29, 1.82) is 0 Å². The minimum atomic E-state index is -1.70. The first-order valence-electron chi connectivity index (χ1n) is 11.5. The maximum absolute atomic E-state index is 12.5. The zero-order chi connectivity index (χ0) is 24.1. The Balaban J connectivity index is 1.73. The van der Waals surface area contributed by atoms with Crippen LogP contribution >= 0.6 is 0 Å². The van der Waals surface area contributed by atoms with Gasteiger partial charge in [-0.25, -0.2) is 4.79 Å². The molecule has 1 aliphatic carbocycles. The van der Waals surface area contributed by atoms with Crippen LogP contribution < -0.4 is 9.47 Å². The number of hydrogen-bond donors (Lipinski definition) is 2. The molecule has 4 aliphatic rings. The van der Waals surface area contributed by atoms with Crippen molar-refractivity contribution in [3.63, 3.8) is 0 Å². The normalized spacial score (nSPS) is 38.5. The van der Waals surface area contributed by atoms with Gasteiger partial charge in [-0.05, 0) is 46.1 Å². The molecule has 1 saturated carbocycles. The first kappa shape index (κ1) is 22.5. The third-order valence-corrected chi connectivity index (χ3v) is 8.96. The number of ether oxygens (including phenoxy) is 4. The average molecular weight is 461 g/mol. The van der Waals surface area contributed by atoms with Crippen molar-refractivity contribution in [3.8, 4) is 11.5 Å². The number of hydrogen-bond acceptors (Lipinski definition) is 8. The Bertz CT molecular complexity index is 1080. The van der Waals surface area contributed by atoms with E-state index in [0.717, 1.165) is 16.7 Å². The molecule has 0 aromatic heterocycles. The van der Waals surface area contributed by atoms with Crippen molar-refractivity contribution in [2.24, 2.45) is 11.3 Å². The number of methoxy groups -OCH3 is 1. The molecule has 0 bridgehead atoms. The predicted octanol–water partition coefficient (Wildman–Crippen LogP) is 2.60. The van der Waals surface area contributed by atoms with Crippen LogP contribution in [0.1, 0.15) is 74.0 Å². The van der Waals surface area contributed by atoms with E-state index in [0.29, 0.717) is 29.9 Å². The fourth-order valence-corrected chi connectivity index (χ4v) is 7.31. The van der Waals surface area contributed by atoms with Crippen LogP contribution in [0.4, 0.5) is 0 Å². The summed E-state index contributed by atoms with van der Waals surface area (Å²) in [6, 6.07) is 0. The van der Waals surface area contributed by atoms with Gasteiger partial charge in [0.05, 0.1) is 13.2 Å². The van der Waals surface area contributed by atoms with Crippen molar-refractivity contribution >= 4 is 11.9 Å². The summed E-state index contributed by atoms with van der Waals surface area (Å²) in [4.78, 5) is 25.0. The third-order valence-electron chi connectivity index (χ3n) is 8.96. The second-order valence-corrected chi connectivity index (χ2v) is 11.0. The maximum atomic E-state index is 12.5. The van der Waals surface area contributed by atoms with Crippen LogP contribution in [-0.2, 0) is 27.3 Å². The number of carbonyl (C=O) groups is 2. The fourth-order valence-electron chi connectivity index (χ4n) is 7.31. The molecule has 1 saturated heterocycles. The largest absolute Gasteiger partial charge is 0.495 e. The van der Waals surface area contributed by atoms with Gasteiger partial charge < -0.3 is 29.2 Å². The number of esters is 2. The van der Waals surface area contributed by atoms with Crippen LogP contribution in [0, 0.1) is 18.3 Å². The molecule has 8 nitrogen and oxygen atoms in total. The summed E-state index contributed by atoms with van der Waals surface area (Å²) in [7, 11) is 1.52. The summed E-state index contributed by atoms with van der Waals surface area (Å²) in [6.45, 7) is 9.26. The molecule has 5 rings (SSSR count). The number of benzene rings is 1. The molecule has 1 aromatic carbocycles. The van der Waals surface area contributed by atoms with Crippen molar-refractivity contribution in [3.05, 3.63) is 22.3 Å². The van der Waals surface area contributed by atoms with E-state index >= 15 is 0 Å². The summed E-state index contributed by atoms with van der Waals surface area (Å²) in [5, 5.41) is 23.5. The molecule has 3 aliphatic heterocycles. The number of aliphatic hydroxyl groups excluding tert-OH is 1. The van der Waals surface area contributed by atoms with Crippen LogP contribution in [0.5, 0.6) is 11.5 Å². The number of carbonyl (C=O) groups excluding carboxylic acids is 2. The van der Waals surface area contributed by atoms with Crippen LogP contribution in [0.25, 0.3) is 0 Å². The smallest absolute Gasteiger partial charge is 0.342 e. The van der Waals surface area contributed by atoms with Gasteiger partial charge in [-0.15, -0.1) is 0 Å². The first-order valence-corrected chi connectivity index (χ1v) is 11.5. The van der Waals surface area contributed by atoms with Gasteiger partial charge in [0.1, 0.15) is 40.5 Å². The number of rotatable bonds is 1. The van der Waals surface area contributed by atoms with E-state index < -0.39 is 40.3 Å². The van der Waals surface area contributed by atoms with E-state index in [2.05, 4.69) is 0 Å². The molecule has 3 heterocycles. The van der Waals surface area contributed by atoms with Crippen molar-refractivity contribution in [1.82, 2.24) is 0 Å². The molecule has 0 unspecified atom stereocenters. The van der Waals surface area contributed by atoms with Gasteiger partial charge in [0.25, 0.3) is 0 Å². The molecule has 0 radical (unpaired) electrons.